The van der Waals surface area contributed by atoms with Crippen molar-refractivity contribution in [2.45, 2.75) is 48.4 Å². The number of aliphatic hydroxyl groups excluding tert-OH is 1. The van der Waals surface area contributed by atoms with Crippen molar-refractivity contribution in [2.75, 3.05) is 5.75 Å². The maximum Gasteiger partial charge on any atom is 0.240 e. The molecule has 1 fully saturated rings. The molecule has 0 spiro atoms. The van der Waals surface area contributed by atoms with E-state index in [2.05, 4.69) is 23.8 Å². The van der Waals surface area contributed by atoms with E-state index in [0.717, 1.165) is 39.1 Å². The van der Waals surface area contributed by atoms with Crippen LogP contribution in [-0.4, -0.2) is 25.4 Å². The van der Waals surface area contributed by atoms with E-state index < -0.39 is 16.3 Å². The third kappa shape index (κ3) is 7.61. The quantitative estimate of drug-likeness (QED) is 0.141. The molecule has 4 atom stereocenters. The number of thioether (sulfide) groups is 1. The van der Waals surface area contributed by atoms with Crippen LogP contribution < -0.4 is 4.72 Å². The van der Waals surface area contributed by atoms with E-state index in [1.165, 1.54) is 4.90 Å². The van der Waals surface area contributed by atoms with E-state index in [1.807, 2.05) is 91.0 Å². The topological polar surface area (TPSA) is 84.9 Å². The van der Waals surface area contributed by atoms with E-state index in [4.69, 9.17) is 9.47 Å². The molecular formula is C38H37NO5S2. The Balaban J connectivity index is 1.22. The Morgan fingerprint density at radius 1 is 0.739 bits per heavy atom. The minimum absolute atomic E-state index is 0.00217. The highest BCUT2D eigenvalue weighted by molar-refractivity contribution is 7.99. The van der Waals surface area contributed by atoms with Gasteiger partial charge in [0.05, 0.1) is 23.7 Å². The highest BCUT2D eigenvalue weighted by Gasteiger charge is 2.38. The SMILES string of the molecule is C[C@@H]1[C@H](CSc2ccccc2)O[C@H](c2ccc(-c3ccccc3CNS(=O)(=O)c3ccccc3)cc2)O[C@@H]1c1ccc(CO)cc1. The molecule has 236 valence electrons. The maximum absolute atomic E-state index is 12.9. The second-order valence-electron chi connectivity index (χ2n) is 11.4. The van der Waals surface area contributed by atoms with Gasteiger partial charge in [0.2, 0.25) is 10.0 Å². The summed E-state index contributed by atoms with van der Waals surface area (Å²) in [4.78, 5) is 1.43. The van der Waals surface area contributed by atoms with Gasteiger partial charge < -0.3 is 14.6 Å². The van der Waals surface area contributed by atoms with Crippen molar-refractivity contribution in [3.05, 3.63) is 156 Å². The molecule has 0 aliphatic carbocycles. The van der Waals surface area contributed by atoms with Crippen LogP contribution in [0.15, 0.2) is 143 Å². The number of hydrogen-bond acceptors (Lipinski definition) is 6. The summed E-state index contributed by atoms with van der Waals surface area (Å²) in [6.45, 7) is 2.33. The van der Waals surface area contributed by atoms with Gasteiger partial charge in [-0.3, -0.25) is 0 Å². The Bertz CT molecular complexity index is 1820. The van der Waals surface area contributed by atoms with Gasteiger partial charge in [-0.2, -0.15) is 0 Å². The van der Waals surface area contributed by atoms with Gasteiger partial charge >= 0.3 is 0 Å². The van der Waals surface area contributed by atoms with Crippen molar-refractivity contribution in [2.24, 2.45) is 5.92 Å². The Hall–Kier alpha value is -3.76. The molecule has 5 aromatic rings. The molecule has 1 saturated heterocycles. The molecule has 1 aliphatic rings. The summed E-state index contributed by atoms with van der Waals surface area (Å²) in [5.74, 6) is 0.874. The molecule has 46 heavy (non-hydrogen) atoms. The highest BCUT2D eigenvalue weighted by atomic mass is 32.2. The lowest BCUT2D eigenvalue weighted by molar-refractivity contribution is -0.268. The number of rotatable bonds is 11. The molecule has 0 unspecified atom stereocenters. The summed E-state index contributed by atoms with van der Waals surface area (Å²) in [5.41, 5.74) is 5.61. The fourth-order valence-corrected chi connectivity index (χ4v) is 7.75. The molecule has 1 aliphatic heterocycles. The molecule has 0 amide bonds. The van der Waals surface area contributed by atoms with E-state index in [9.17, 15) is 13.5 Å². The summed E-state index contributed by atoms with van der Waals surface area (Å²) in [7, 11) is -3.64. The standard InChI is InChI=1S/C38H37NO5S2/c1-27-36(26-45-33-11-4-2-5-12-33)43-38(44-37(27)30-18-16-28(25-40)17-19-30)31-22-20-29(21-23-31)35-15-9-8-10-32(35)24-39-46(41,42)34-13-6-3-7-14-34/h2-23,27,36-40H,24-26H2,1H3/t27-,36+,37+,38+/m1/s1. The Morgan fingerprint density at radius 2 is 1.37 bits per heavy atom. The Kier molecular flexibility index (Phi) is 10.3. The van der Waals surface area contributed by atoms with Crippen LogP contribution in [0.3, 0.4) is 0 Å². The minimum Gasteiger partial charge on any atom is -0.392 e. The lowest BCUT2D eigenvalue weighted by Crippen LogP contribution is -2.38. The number of sulfonamides is 1. The van der Waals surface area contributed by atoms with Gasteiger partial charge in [0.25, 0.3) is 0 Å². The summed E-state index contributed by atoms with van der Waals surface area (Å²) < 4.78 is 41.7. The molecular weight excluding hydrogens is 615 g/mol. The Morgan fingerprint density at radius 3 is 2.07 bits per heavy atom. The molecule has 0 saturated carbocycles. The monoisotopic (exact) mass is 651 g/mol. The van der Waals surface area contributed by atoms with Gasteiger partial charge in [-0.15, -0.1) is 11.8 Å². The first-order valence-corrected chi connectivity index (χ1v) is 17.8. The average Bonchev–Trinajstić information content (AvgIpc) is 3.11. The van der Waals surface area contributed by atoms with Crippen LogP contribution in [0.1, 0.15) is 41.6 Å². The molecule has 2 N–H and O–H groups in total. The van der Waals surface area contributed by atoms with Crippen LogP contribution in [0.5, 0.6) is 0 Å². The molecule has 0 bridgehead atoms. The zero-order valence-corrected chi connectivity index (χ0v) is 27.2. The number of hydrogen-bond donors (Lipinski definition) is 2. The third-order valence-corrected chi connectivity index (χ3v) is 10.8. The zero-order valence-electron chi connectivity index (χ0n) is 25.5. The number of benzene rings is 5. The zero-order chi connectivity index (χ0) is 31.9. The van der Waals surface area contributed by atoms with E-state index in [1.54, 1.807) is 42.1 Å². The normalized spacial score (nSPS) is 20.0. The molecule has 6 rings (SSSR count). The Labute approximate surface area is 275 Å². The summed E-state index contributed by atoms with van der Waals surface area (Å²) >= 11 is 1.77. The van der Waals surface area contributed by atoms with Crippen molar-refractivity contribution in [3.8, 4) is 11.1 Å². The summed E-state index contributed by atoms with van der Waals surface area (Å²) in [5, 5.41) is 9.55. The van der Waals surface area contributed by atoms with Gasteiger partial charge in [-0.25, -0.2) is 13.1 Å². The van der Waals surface area contributed by atoms with Gasteiger partial charge in [-0.1, -0.05) is 116 Å². The molecule has 1 heterocycles. The smallest absolute Gasteiger partial charge is 0.240 e. The van der Waals surface area contributed by atoms with Crippen molar-refractivity contribution in [1.29, 1.82) is 0 Å². The molecule has 0 aromatic heterocycles. The van der Waals surface area contributed by atoms with Gasteiger partial charge in [0.15, 0.2) is 6.29 Å². The van der Waals surface area contributed by atoms with Crippen molar-refractivity contribution >= 4 is 21.8 Å². The fourth-order valence-electron chi connectivity index (χ4n) is 5.64. The van der Waals surface area contributed by atoms with Crippen LogP contribution in [-0.2, 0) is 32.6 Å². The van der Waals surface area contributed by atoms with E-state index >= 15 is 0 Å². The third-order valence-electron chi connectivity index (χ3n) is 8.30. The molecule has 6 nitrogen and oxygen atoms in total. The van der Waals surface area contributed by atoms with Crippen molar-refractivity contribution in [3.63, 3.8) is 0 Å². The summed E-state index contributed by atoms with van der Waals surface area (Å²) in [6, 6.07) is 42.6. The van der Waals surface area contributed by atoms with E-state index in [-0.39, 0.29) is 36.2 Å². The first-order valence-electron chi connectivity index (χ1n) is 15.3. The van der Waals surface area contributed by atoms with Crippen LogP contribution in [0.2, 0.25) is 0 Å². The molecule has 5 aromatic carbocycles. The first-order chi connectivity index (χ1) is 22.4. The first kappa shape index (κ1) is 32.2. The highest BCUT2D eigenvalue weighted by Crippen LogP contribution is 2.43. The minimum atomic E-state index is -3.64. The van der Waals surface area contributed by atoms with Gasteiger partial charge in [0, 0.05) is 28.7 Å². The predicted octanol–water partition coefficient (Wildman–Crippen LogP) is 7.91. The number of nitrogens with one attached hydrogen (secondary N) is 1. The number of aliphatic hydroxyl groups is 1. The second-order valence-corrected chi connectivity index (χ2v) is 14.2. The van der Waals surface area contributed by atoms with Crippen LogP contribution in [0, 0.1) is 5.92 Å². The lowest BCUT2D eigenvalue weighted by atomic mass is 9.91. The predicted molar refractivity (Wildman–Crippen MR) is 182 cm³/mol. The van der Waals surface area contributed by atoms with Crippen LogP contribution >= 0.6 is 11.8 Å². The average molecular weight is 652 g/mol. The van der Waals surface area contributed by atoms with Crippen LogP contribution in [0.4, 0.5) is 0 Å². The molecule has 8 heteroatoms. The van der Waals surface area contributed by atoms with Gasteiger partial charge in [0.1, 0.15) is 0 Å². The largest absolute Gasteiger partial charge is 0.392 e. The van der Waals surface area contributed by atoms with E-state index in [0.29, 0.717) is 0 Å². The second kappa shape index (κ2) is 14.8. The summed E-state index contributed by atoms with van der Waals surface area (Å²) in [6.07, 6.45) is -0.822. The lowest BCUT2D eigenvalue weighted by Gasteiger charge is -2.41. The number of ether oxygens (including phenoxy) is 2. The fraction of sp³-hybridized carbons (Fsp3) is 0.211. The van der Waals surface area contributed by atoms with Crippen molar-refractivity contribution < 1.29 is 23.0 Å². The van der Waals surface area contributed by atoms with Gasteiger partial charge in [-0.05, 0) is 52.1 Å². The maximum atomic E-state index is 12.9. The molecule has 0 radical (unpaired) electrons. The van der Waals surface area contributed by atoms with Crippen molar-refractivity contribution in [1.82, 2.24) is 4.72 Å². The van der Waals surface area contributed by atoms with Crippen LogP contribution in [0.25, 0.3) is 11.1 Å².